The second-order valence-electron chi connectivity index (χ2n) is 4.18. The van der Waals surface area contributed by atoms with Gasteiger partial charge in [0.1, 0.15) is 0 Å². The van der Waals surface area contributed by atoms with E-state index >= 15 is 0 Å². The van der Waals surface area contributed by atoms with Gasteiger partial charge in [-0.25, -0.2) is 0 Å². The van der Waals surface area contributed by atoms with Gasteiger partial charge in [-0.1, -0.05) is 6.92 Å². The first kappa shape index (κ1) is 15.3. The molecule has 0 aliphatic rings. The van der Waals surface area contributed by atoms with Crippen LogP contribution in [0.1, 0.15) is 36.2 Å². The fourth-order valence-electron chi connectivity index (χ4n) is 1.79. The monoisotopic (exact) mass is 274 g/mol. The molecule has 0 aliphatic carbocycles. The molecule has 2 N–H and O–H groups in total. The number of nitrogens with two attached hydrogens (primary N) is 1. The zero-order valence-electron chi connectivity index (χ0n) is 10.9. The molecule has 1 aromatic rings. The number of hydrogen-bond donors (Lipinski definition) is 1. The number of rotatable bonds is 4. The molecule has 0 aliphatic heterocycles. The van der Waals surface area contributed by atoms with Gasteiger partial charge >= 0.3 is 6.18 Å². The molecule has 19 heavy (non-hydrogen) atoms. The predicted octanol–water partition coefficient (Wildman–Crippen LogP) is 3.16. The number of alkyl halides is 3. The topological polar surface area (TPSA) is 46.3 Å². The molecular weight excluding hydrogens is 257 g/mol. The van der Waals surface area contributed by atoms with Crippen LogP contribution in [-0.4, -0.2) is 23.9 Å². The number of anilines is 1. The fourth-order valence-corrected chi connectivity index (χ4v) is 1.79. The molecule has 0 bridgehead atoms. The van der Waals surface area contributed by atoms with Gasteiger partial charge in [-0.15, -0.1) is 0 Å². The molecule has 0 atom stereocenters. The summed E-state index contributed by atoms with van der Waals surface area (Å²) in [6.07, 6.45) is -3.80. The number of nitrogen functional groups attached to an aromatic ring is 1. The van der Waals surface area contributed by atoms with E-state index in [-0.39, 0.29) is 11.3 Å². The van der Waals surface area contributed by atoms with Crippen LogP contribution >= 0.6 is 0 Å². The van der Waals surface area contributed by atoms with Crippen molar-refractivity contribution in [3.63, 3.8) is 0 Å². The number of benzene rings is 1. The first-order valence-electron chi connectivity index (χ1n) is 6.07. The van der Waals surface area contributed by atoms with Crippen molar-refractivity contribution in [2.75, 3.05) is 18.8 Å². The number of nitrogens with zero attached hydrogens (tertiary/aromatic N) is 1. The van der Waals surface area contributed by atoms with Gasteiger partial charge in [0.15, 0.2) is 0 Å². The number of carbonyl (C=O) groups is 1. The summed E-state index contributed by atoms with van der Waals surface area (Å²) in [7, 11) is 0. The minimum Gasteiger partial charge on any atom is -0.398 e. The quantitative estimate of drug-likeness (QED) is 0.857. The predicted molar refractivity (Wildman–Crippen MR) is 67.7 cm³/mol. The first-order chi connectivity index (χ1) is 8.81. The molecule has 3 nitrogen and oxygen atoms in total. The molecule has 1 amide bonds. The summed E-state index contributed by atoms with van der Waals surface area (Å²) in [6, 6.07) is 3.26. The smallest absolute Gasteiger partial charge is 0.398 e. The zero-order chi connectivity index (χ0) is 14.6. The summed E-state index contributed by atoms with van der Waals surface area (Å²) in [4.78, 5) is 13.6. The lowest BCUT2D eigenvalue weighted by atomic mass is 10.1. The Morgan fingerprint density at radius 3 is 2.42 bits per heavy atom. The van der Waals surface area contributed by atoms with Crippen molar-refractivity contribution in [3.05, 3.63) is 29.3 Å². The highest BCUT2D eigenvalue weighted by Crippen LogP contribution is 2.34. The molecule has 6 heteroatoms. The average molecular weight is 274 g/mol. The standard InChI is InChI=1S/C13H17F3N2O/c1-3-7-18(4-2)12(19)9-5-6-11(17)10(8-9)13(14,15)16/h5-6,8H,3-4,7,17H2,1-2H3. The van der Waals surface area contributed by atoms with Gasteiger partial charge in [-0.05, 0) is 31.5 Å². The van der Waals surface area contributed by atoms with Crippen LogP contribution in [0.5, 0.6) is 0 Å². The van der Waals surface area contributed by atoms with Crippen molar-refractivity contribution in [2.24, 2.45) is 0 Å². The van der Waals surface area contributed by atoms with Crippen LogP contribution in [0.4, 0.5) is 18.9 Å². The Labute approximate surface area is 110 Å². The molecule has 106 valence electrons. The van der Waals surface area contributed by atoms with E-state index in [0.717, 1.165) is 18.6 Å². The molecule has 0 heterocycles. The molecule has 0 radical (unpaired) electrons. The number of amides is 1. The largest absolute Gasteiger partial charge is 0.418 e. The molecule has 0 fully saturated rings. The Morgan fingerprint density at radius 1 is 1.32 bits per heavy atom. The lowest BCUT2D eigenvalue weighted by molar-refractivity contribution is -0.136. The van der Waals surface area contributed by atoms with E-state index in [9.17, 15) is 18.0 Å². The van der Waals surface area contributed by atoms with Crippen molar-refractivity contribution in [1.29, 1.82) is 0 Å². The van der Waals surface area contributed by atoms with E-state index in [1.165, 1.54) is 11.0 Å². The van der Waals surface area contributed by atoms with Crippen LogP contribution in [0.3, 0.4) is 0 Å². The maximum atomic E-state index is 12.7. The number of carbonyl (C=O) groups excluding carboxylic acids is 1. The van der Waals surface area contributed by atoms with Crippen molar-refractivity contribution in [2.45, 2.75) is 26.4 Å². The van der Waals surface area contributed by atoms with E-state index in [1.807, 2.05) is 6.92 Å². The van der Waals surface area contributed by atoms with Gasteiger partial charge in [0.25, 0.3) is 5.91 Å². The molecule has 1 rings (SSSR count). The van der Waals surface area contributed by atoms with Gasteiger partial charge in [0.05, 0.1) is 5.56 Å². The summed E-state index contributed by atoms with van der Waals surface area (Å²) in [6.45, 7) is 4.66. The summed E-state index contributed by atoms with van der Waals surface area (Å²) in [5, 5.41) is 0. The summed E-state index contributed by atoms with van der Waals surface area (Å²) in [5.74, 6) is -0.408. The van der Waals surface area contributed by atoms with Crippen molar-refractivity contribution >= 4 is 11.6 Å². The molecule has 0 saturated heterocycles. The third kappa shape index (κ3) is 3.62. The second-order valence-corrected chi connectivity index (χ2v) is 4.18. The lowest BCUT2D eigenvalue weighted by Gasteiger charge is -2.21. The van der Waals surface area contributed by atoms with E-state index in [4.69, 9.17) is 5.73 Å². The van der Waals surface area contributed by atoms with Gasteiger partial charge < -0.3 is 10.6 Å². The summed E-state index contributed by atoms with van der Waals surface area (Å²) < 4.78 is 38.2. The summed E-state index contributed by atoms with van der Waals surface area (Å²) in [5.41, 5.74) is 3.97. The van der Waals surface area contributed by atoms with Crippen LogP contribution in [0.2, 0.25) is 0 Å². The molecule has 0 spiro atoms. The van der Waals surface area contributed by atoms with E-state index < -0.39 is 17.6 Å². The molecular formula is C13H17F3N2O. The zero-order valence-corrected chi connectivity index (χ0v) is 10.9. The highest BCUT2D eigenvalue weighted by molar-refractivity contribution is 5.95. The highest BCUT2D eigenvalue weighted by Gasteiger charge is 2.33. The minimum absolute atomic E-state index is 0.0109. The van der Waals surface area contributed by atoms with Gasteiger partial charge in [-0.3, -0.25) is 4.79 Å². The Hall–Kier alpha value is -1.72. The van der Waals surface area contributed by atoms with Crippen LogP contribution in [0.25, 0.3) is 0 Å². The van der Waals surface area contributed by atoms with E-state index in [1.54, 1.807) is 6.92 Å². The number of hydrogen-bond acceptors (Lipinski definition) is 2. The van der Waals surface area contributed by atoms with Crippen LogP contribution in [0, 0.1) is 0 Å². The van der Waals surface area contributed by atoms with E-state index in [2.05, 4.69) is 0 Å². The maximum absolute atomic E-state index is 12.7. The number of halogens is 3. The third-order valence-electron chi connectivity index (χ3n) is 2.77. The SMILES string of the molecule is CCCN(CC)C(=O)c1ccc(N)c(C(F)(F)F)c1. The molecule has 0 saturated carbocycles. The Morgan fingerprint density at radius 2 is 1.95 bits per heavy atom. The van der Waals surface area contributed by atoms with Crippen LogP contribution in [-0.2, 0) is 6.18 Å². The maximum Gasteiger partial charge on any atom is 0.418 e. The molecule has 0 aromatic heterocycles. The van der Waals surface area contributed by atoms with Crippen molar-refractivity contribution in [3.8, 4) is 0 Å². The fraction of sp³-hybridized carbons (Fsp3) is 0.462. The Balaban J connectivity index is 3.12. The van der Waals surface area contributed by atoms with Crippen LogP contribution < -0.4 is 5.73 Å². The second kappa shape index (κ2) is 5.95. The van der Waals surface area contributed by atoms with Gasteiger partial charge in [-0.2, -0.15) is 13.2 Å². The Bertz CT molecular complexity index is 458. The van der Waals surface area contributed by atoms with Crippen LogP contribution in [0.15, 0.2) is 18.2 Å². The van der Waals surface area contributed by atoms with E-state index in [0.29, 0.717) is 13.1 Å². The lowest BCUT2D eigenvalue weighted by Crippen LogP contribution is -2.31. The Kier molecular flexibility index (Phi) is 4.80. The molecule has 0 unspecified atom stereocenters. The van der Waals surface area contributed by atoms with Crippen molar-refractivity contribution in [1.82, 2.24) is 4.90 Å². The first-order valence-corrected chi connectivity index (χ1v) is 6.07. The van der Waals surface area contributed by atoms with Gasteiger partial charge in [0.2, 0.25) is 0 Å². The molecule has 1 aromatic carbocycles. The van der Waals surface area contributed by atoms with Crippen molar-refractivity contribution < 1.29 is 18.0 Å². The highest BCUT2D eigenvalue weighted by atomic mass is 19.4. The average Bonchev–Trinajstić information content (AvgIpc) is 2.34. The summed E-state index contributed by atoms with van der Waals surface area (Å²) >= 11 is 0. The normalized spacial score (nSPS) is 11.4. The third-order valence-corrected chi connectivity index (χ3v) is 2.77. The van der Waals surface area contributed by atoms with Gasteiger partial charge in [0, 0.05) is 24.3 Å². The minimum atomic E-state index is -4.55.